The van der Waals surface area contributed by atoms with Gasteiger partial charge >= 0.3 is 5.97 Å². The third kappa shape index (κ3) is 5.24. The van der Waals surface area contributed by atoms with Gasteiger partial charge in [-0.3, -0.25) is 9.59 Å². The largest absolute Gasteiger partial charge is 0.465 e. The molecule has 1 amide bonds. The van der Waals surface area contributed by atoms with E-state index in [1.165, 1.54) is 11.8 Å². The minimum Gasteiger partial charge on any atom is -0.465 e. The molecule has 0 aromatic carbocycles. The van der Waals surface area contributed by atoms with Gasteiger partial charge in [-0.25, -0.2) is 0 Å². The van der Waals surface area contributed by atoms with Gasteiger partial charge in [0.1, 0.15) is 6.04 Å². The Labute approximate surface area is 118 Å². The lowest BCUT2D eigenvalue weighted by Gasteiger charge is -2.18. The quantitative estimate of drug-likeness (QED) is 0.710. The van der Waals surface area contributed by atoms with Crippen molar-refractivity contribution in [2.75, 3.05) is 25.2 Å². The highest BCUT2D eigenvalue weighted by Crippen LogP contribution is 2.20. The van der Waals surface area contributed by atoms with E-state index in [4.69, 9.17) is 10.5 Å². The number of hydrogen-bond donors (Lipinski definition) is 1. The molecule has 2 N–H and O–H groups in total. The van der Waals surface area contributed by atoms with E-state index in [1.807, 2.05) is 0 Å². The van der Waals surface area contributed by atoms with Crippen molar-refractivity contribution in [2.45, 2.75) is 32.2 Å². The Hall–Kier alpha value is -1.01. The number of thioether (sulfide) groups is 1. The van der Waals surface area contributed by atoms with Crippen LogP contribution in [0.5, 0.6) is 0 Å². The number of esters is 1. The summed E-state index contributed by atoms with van der Waals surface area (Å²) in [6.07, 6.45) is 5.24. The van der Waals surface area contributed by atoms with Crippen LogP contribution in [0.25, 0.3) is 0 Å². The number of nitrogens with zero attached hydrogens (tertiary/aromatic N) is 1. The Morgan fingerprint density at radius 3 is 2.89 bits per heavy atom. The van der Waals surface area contributed by atoms with Gasteiger partial charge in [-0.2, -0.15) is 0 Å². The van der Waals surface area contributed by atoms with Crippen LogP contribution < -0.4 is 5.73 Å². The third-order valence-corrected chi connectivity index (χ3v) is 3.98. The van der Waals surface area contributed by atoms with E-state index in [2.05, 4.69) is 6.08 Å². The molecule has 1 aliphatic rings. The molecular formula is C13H22N2O3S. The molecule has 1 aliphatic carbocycles. The summed E-state index contributed by atoms with van der Waals surface area (Å²) in [4.78, 5) is 24.9. The molecule has 6 heteroatoms. The summed E-state index contributed by atoms with van der Waals surface area (Å²) < 4.78 is 4.81. The molecule has 5 nitrogen and oxygen atoms in total. The molecule has 1 atom stereocenters. The molecule has 108 valence electrons. The Morgan fingerprint density at radius 1 is 1.58 bits per heavy atom. The Bertz CT molecular complexity index is 358. The molecule has 0 radical (unpaired) electrons. The first-order valence-corrected chi connectivity index (χ1v) is 7.67. The van der Waals surface area contributed by atoms with E-state index in [-0.39, 0.29) is 5.91 Å². The second-order valence-electron chi connectivity index (χ2n) is 4.41. The highest BCUT2D eigenvalue weighted by atomic mass is 32.2. The molecule has 19 heavy (non-hydrogen) atoms. The van der Waals surface area contributed by atoms with Crippen molar-refractivity contribution < 1.29 is 14.3 Å². The maximum Gasteiger partial charge on any atom is 0.323 e. The summed E-state index contributed by atoms with van der Waals surface area (Å²) in [5.41, 5.74) is 6.75. The summed E-state index contributed by atoms with van der Waals surface area (Å²) >= 11 is 1.37. The van der Waals surface area contributed by atoms with Crippen LogP contribution >= 0.6 is 11.8 Å². The number of rotatable bonds is 7. The molecule has 1 unspecified atom stereocenters. The van der Waals surface area contributed by atoms with Crippen molar-refractivity contribution in [1.29, 1.82) is 0 Å². The third-order valence-electron chi connectivity index (χ3n) is 2.93. The normalized spacial score (nSPS) is 15.8. The van der Waals surface area contributed by atoms with Crippen LogP contribution in [0.15, 0.2) is 11.8 Å². The summed E-state index contributed by atoms with van der Waals surface area (Å²) in [5, 5.41) is 0. The van der Waals surface area contributed by atoms with Crippen LogP contribution in [0.1, 0.15) is 26.2 Å². The number of ether oxygens (including phenoxy) is 1. The molecule has 0 aliphatic heterocycles. The fourth-order valence-corrected chi connectivity index (χ4v) is 2.68. The molecule has 0 spiro atoms. The second-order valence-corrected chi connectivity index (χ2v) is 5.44. The predicted molar refractivity (Wildman–Crippen MR) is 76.6 cm³/mol. The van der Waals surface area contributed by atoms with Gasteiger partial charge in [0.15, 0.2) is 0 Å². The molecule has 0 aromatic rings. The molecule has 0 heterocycles. The monoisotopic (exact) mass is 286 g/mol. The molecule has 0 bridgehead atoms. The van der Waals surface area contributed by atoms with Gasteiger partial charge in [-0.15, -0.1) is 11.8 Å². The van der Waals surface area contributed by atoms with E-state index in [0.29, 0.717) is 18.1 Å². The fourth-order valence-electron chi connectivity index (χ4n) is 1.81. The summed E-state index contributed by atoms with van der Waals surface area (Å²) in [7, 11) is 1.80. The first-order valence-electron chi connectivity index (χ1n) is 6.51. The molecule has 0 aromatic heterocycles. The lowest BCUT2D eigenvalue weighted by molar-refractivity contribution is -0.144. The van der Waals surface area contributed by atoms with Crippen molar-refractivity contribution in [3.63, 3.8) is 0 Å². The number of carbonyl (C=O) groups is 2. The average molecular weight is 286 g/mol. The summed E-state index contributed by atoms with van der Waals surface area (Å²) in [6, 6.07) is -0.659. The highest BCUT2D eigenvalue weighted by Gasteiger charge is 2.18. The zero-order valence-corrected chi connectivity index (χ0v) is 12.4. The van der Waals surface area contributed by atoms with Crippen LogP contribution in [0.4, 0.5) is 0 Å². The van der Waals surface area contributed by atoms with Crippen molar-refractivity contribution in [2.24, 2.45) is 5.73 Å². The smallest absolute Gasteiger partial charge is 0.323 e. The van der Waals surface area contributed by atoms with Crippen LogP contribution in [0.3, 0.4) is 0 Å². The molecule has 0 saturated carbocycles. The first-order chi connectivity index (χ1) is 9.06. The van der Waals surface area contributed by atoms with Crippen molar-refractivity contribution >= 4 is 23.6 Å². The SMILES string of the molecule is CCOC(=O)C(N)CSCC(=O)N(C)C1=CCCC1. The number of hydrogen-bond acceptors (Lipinski definition) is 5. The first kappa shape index (κ1) is 16.0. The van der Waals surface area contributed by atoms with Crippen molar-refractivity contribution in [1.82, 2.24) is 4.90 Å². The van der Waals surface area contributed by atoms with Crippen LogP contribution in [-0.4, -0.2) is 48.0 Å². The zero-order valence-electron chi connectivity index (χ0n) is 11.6. The molecule has 0 fully saturated rings. The number of amides is 1. The van der Waals surface area contributed by atoms with Gasteiger partial charge < -0.3 is 15.4 Å². The second kappa shape index (κ2) is 8.22. The summed E-state index contributed by atoms with van der Waals surface area (Å²) in [5.74, 6) is 0.377. The van der Waals surface area contributed by atoms with E-state index < -0.39 is 12.0 Å². The standard InChI is InChI=1S/C13H22N2O3S/c1-3-18-13(17)11(14)8-19-9-12(16)15(2)10-6-4-5-7-10/h6,11H,3-5,7-9,14H2,1-2H3. The number of allylic oxidation sites excluding steroid dienone is 2. The van der Waals surface area contributed by atoms with Gasteiger partial charge in [-0.05, 0) is 26.2 Å². The maximum absolute atomic E-state index is 11.9. The maximum atomic E-state index is 11.9. The van der Waals surface area contributed by atoms with Crippen LogP contribution in [-0.2, 0) is 14.3 Å². The number of nitrogens with two attached hydrogens (primary N) is 1. The molecule has 0 saturated heterocycles. The fraction of sp³-hybridized carbons (Fsp3) is 0.692. The van der Waals surface area contributed by atoms with E-state index in [0.717, 1.165) is 25.0 Å². The van der Waals surface area contributed by atoms with Crippen LogP contribution in [0, 0.1) is 0 Å². The minimum atomic E-state index is -0.659. The van der Waals surface area contributed by atoms with Crippen LogP contribution in [0.2, 0.25) is 0 Å². The van der Waals surface area contributed by atoms with E-state index >= 15 is 0 Å². The highest BCUT2D eigenvalue weighted by molar-refractivity contribution is 8.00. The molecule has 1 rings (SSSR count). The van der Waals surface area contributed by atoms with Gasteiger partial charge in [-0.1, -0.05) is 6.08 Å². The van der Waals surface area contributed by atoms with E-state index in [9.17, 15) is 9.59 Å². The Balaban J connectivity index is 2.24. The van der Waals surface area contributed by atoms with Crippen molar-refractivity contribution in [3.05, 3.63) is 11.8 Å². The Morgan fingerprint density at radius 2 is 2.32 bits per heavy atom. The van der Waals surface area contributed by atoms with Gasteiger partial charge in [0, 0.05) is 18.5 Å². The lowest BCUT2D eigenvalue weighted by Crippen LogP contribution is -2.35. The Kier molecular flexibility index (Phi) is 6.94. The average Bonchev–Trinajstić information content (AvgIpc) is 2.91. The van der Waals surface area contributed by atoms with Gasteiger partial charge in [0.05, 0.1) is 12.4 Å². The van der Waals surface area contributed by atoms with E-state index in [1.54, 1.807) is 18.9 Å². The van der Waals surface area contributed by atoms with Gasteiger partial charge in [0.2, 0.25) is 5.91 Å². The minimum absolute atomic E-state index is 0.0502. The molecular weight excluding hydrogens is 264 g/mol. The summed E-state index contributed by atoms with van der Waals surface area (Å²) in [6.45, 7) is 2.07. The topological polar surface area (TPSA) is 72.6 Å². The van der Waals surface area contributed by atoms with Crippen molar-refractivity contribution in [3.8, 4) is 0 Å². The predicted octanol–water partition coefficient (Wildman–Crippen LogP) is 1.14. The zero-order chi connectivity index (χ0) is 14.3. The lowest BCUT2D eigenvalue weighted by atomic mass is 10.3. The number of carbonyl (C=O) groups excluding carboxylic acids is 2. The van der Waals surface area contributed by atoms with Gasteiger partial charge in [0.25, 0.3) is 0 Å².